The molecule has 1 heterocycles. The van der Waals surface area contributed by atoms with Gasteiger partial charge in [-0.1, -0.05) is 30.4 Å². The number of hydrogen-bond acceptors (Lipinski definition) is 2. The Labute approximate surface area is 107 Å². The lowest BCUT2D eigenvalue weighted by Crippen LogP contribution is -2.11. The van der Waals surface area contributed by atoms with Gasteiger partial charge >= 0.3 is 0 Å². The normalized spacial score (nSPS) is 16.6. The molecule has 0 atom stereocenters. The molecule has 1 aliphatic rings. The number of allylic oxidation sites excluding steroid dienone is 4. The fourth-order valence-electron chi connectivity index (χ4n) is 1.74. The first-order valence-electron chi connectivity index (χ1n) is 5.81. The fraction of sp³-hybridized carbons (Fsp3) is 0.133. The highest BCUT2D eigenvalue weighted by atomic mass is 16.1. The quantitative estimate of drug-likeness (QED) is 0.823. The third kappa shape index (κ3) is 2.69. The molecule has 0 unspecified atom stereocenters. The Morgan fingerprint density at radius 2 is 1.78 bits per heavy atom. The van der Waals surface area contributed by atoms with E-state index < -0.39 is 0 Å². The highest BCUT2D eigenvalue weighted by molar-refractivity contribution is 6.09. The molecule has 18 heavy (non-hydrogen) atoms. The van der Waals surface area contributed by atoms with Gasteiger partial charge in [-0.05, 0) is 24.4 Å². The average molecular weight is 240 g/mol. The number of benzene rings is 1. The van der Waals surface area contributed by atoms with Crippen molar-refractivity contribution in [1.29, 1.82) is 0 Å². The Kier molecular flexibility index (Phi) is 3.63. The van der Waals surface area contributed by atoms with E-state index in [1.54, 1.807) is 0 Å². The van der Waals surface area contributed by atoms with Crippen LogP contribution < -0.4 is 5.32 Å². The van der Waals surface area contributed by atoms with Gasteiger partial charge in [-0.25, -0.2) is 0 Å². The summed E-state index contributed by atoms with van der Waals surface area (Å²) >= 11 is 0. The van der Waals surface area contributed by atoms with Gasteiger partial charge in [0.15, 0.2) is 0 Å². The maximum atomic E-state index is 11.7. The molecule has 0 aliphatic carbocycles. The Hall–Kier alpha value is -2.29. The molecule has 0 spiro atoms. The van der Waals surface area contributed by atoms with Crippen LogP contribution in [0.3, 0.4) is 0 Å². The summed E-state index contributed by atoms with van der Waals surface area (Å²) in [7, 11) is 3.94. The standard InChI is InChI=1S/C15H16N2O/c1-17(2)11-7-3-4-10-14-12-8-5-6-9-13(12)15(18)16-14/h3-11H,1-2H3,(H,16,18)/b4-3+,11-7+,14-10-. The van der Waals surface area contributed by atoms with Crippen LogP contribution in [0.4, 0.5) is 0 Å². The van der Waals surface area contributed by atoms with E-state index in [0.717, 1.165) is 16.8 Å². The lowest BCUT2D eigenvalue weighted by molar-refractivity contribution is 0.0981. The van der Waals surface area contributed by atoms with Crippen LogP contribution >= 0.6 is 0 Å². The molecule has 1 N–H and O–H groups in total. The van der Waals surface area contributed by atoms with Crippen molar-refractivity contribution in [3.63, 3.8) is 0 Å². The van der Waals surface area contributed by atoms with Gasteiger partial charge in [0.05, 0.1) is 0 Å². The van der Waals surface area contributed by atoms with Crippen LogP contribution in [0, 0.1) is 0 Å². The predicted octanol–water partition coefficient (Wildman–Crippen LogP) is 2.40. The summed E-state index contributed by atoms with van der Waals surface area (Å²) in [5.41, 5.74) is 2.55. The number of amides is 1. The number of carbonyl (C=O) groups is 1. The number of rotatable bonds is 3. The van der Waals surface area contributed by atoms with Gasteiger partial charge in [0.2, 0.25) is 0 Å². The summed E-state index contributed by atoms with van der Waals surface area (Å²) in [5, 5.41) is 2.86. The first-order valence-corrected chi connectivity index (χ1v) is 5.81. The van der Waals surface area contributed by atoms with Gasteiger partial charge in [0, 0.05) is 30.9 Å². The minimum absolute atomic E-state index is 0.0333. The molecule has 0 radical (unpaired) electrons. The Morgan fingerprint density at radius 3 is 2.50 bits per heavy atom. The molecule has 2 rings (SSSR count). The van der Waals surface area contributed by atoms with E-state index in [-0.39, 0.29) is 5.91 Å². The van der Waals surface area contributed by atoms with Crippen LogP contribution in [-0.2, 0) is 0 Å². The van der Waals surface area contributed by atoms with Gasteiger partial charge in [0.25, 0.3) is 5.91 Å². The summed E-state index contributed by atoms with van der Waals surface area (Å²) in [6.45, 7) is 0. The molecule has 0 saturated carbocycles. The van der Waals surface area contributed by atoms with Crippen molar-refractivity contribution >= 4 is 11.6 Å². The Bertz CT molecular complexity index is 539. The summed E-state index contributed by atoms with van der Waals surface area (Å²) < 4.78 is 0. The summed E-state index contributed by atoms with van der Waals surface area (Å²) in [6, 6.07) is 7.59. The van der Waals surface area contributed by atoms with Crippen LogP contribution in [-0.4, -0.2) is 24.9 Å². The molecule has 1 amide bonds. The molecule has 3 nitrogen and oxygen atoms in total. The first-order chi connectivity index (χ1) is 8.68. The number of nitrogens with zero attached hydrogens (tertiary/aromatic N) is 1. The minimum Gasteiger partial charge on any atom is -0.383 e. The summed E-state index contributed by atoms with van der Waals surface area (Å²) in [5.74, 6) is -0.0333. The largest absolute Gasteiger partial charge is 0.383 e. The van der Waals surface area contributed by atoms with Crippen molar-refractivity contribution in [2.75, 3.05) is 14.1 Å². The van der Waals surface area contributed by atoms with Crippen LogP contribution in [0.25, 0.3) is 5.70 Å². The molecule has 3 heteroatoms. The number of hydrogen-bond donors (Lipinski definition) is 1. The van der Waals surface area contributed by atoms with E-state index in [2.05, 4.69) is 5.32 Å². The van der Waals surface area contributed by atoms with E-state index in [1.807, 2.05) is 73.8 Å². The molecule has 0 aromatic heterocycles. The zero-order valence-electron chi connectivity index (χ0n) is 10.6. The zero-order chi connectivity index (χ0) is 13.0. The average Bonchev–Trinajstić information content (AvgIpc) is 2.66. The molecular formula is C15H16N2O. The lowest BCUT2D eigenvalue weighted by atomic mass is 10.1. The monoisotopic (exact) mass is 240 g/mol. The van der Waals surface area contributed by atoms with Crippen molar-refractivity contribution in [1.82, 2.24) is 10.2 Å². The van der Waals surface area contributed by atoms with Crippen molar-refractivity contribution in [2.45, 2.75) is 0 Å². The van der Waals surface area contributed by atoms with Crippen LogP contribution in [0.1, 0.15) is 15.9 Å². The number of fused-ring (bicyclic) bond motifs is 1. The molecule has 0 bridgehead atoms. The third-order valence-corrected chi connectivity index (χ3v) is 2.58. The van der Waals surface area contributed by atoms with Crippen molar-refractivity contribution < 1.29 is 4.79 Å². The third-order valence-electron chi connectivity index (χ3n) is 2.58. The van der Waals surface area contributed by atoms with Crippen LogP contribution in [0.5, 0.6) is 0 Å². The Morgan fingerprint density at radius 1 is 1.06 bits per heavy atom. The van der Waals surface area contributed by atoms with Gasteiger partial charge in [-0.15, -0.1) is 0 Å². The predicted molar refractivity (Wildman–Crippen MR) is 73.9 cm³/mol. The van der Waals surface area contributed by atoms with E-state index in [1.165, 1.54) is 0 Å². The molecule has 1 aliphatic heterocycles. The van der Waals surface area contributed by atoms with E-state index >= 15 is 0 Å². The molecule has 92 valence electrons. The van der Waals surface area contributed by atoms with Gasteiger partial charge in [-0.3, -0.25) is 4.79 Å². The van der Waals surface area contributed by atoms with Gasteiger partial charge in [-0.2, -0.15) is 0 Å². The summed E-state index contributed by atoms with van der Waals surface area (Å²) in [4.78, 5) is 13.6. The second kappa shape index (κ2) is 5.36. The second-order valence-electron chi connectivity index (χ2n) is 4.27. The topological polar surface area (TPSA) is 32.3 Å². The maximum absolute atomic E-state index is 11.7. The first kappa shape index (κ1) is 12.2. The Balaban J connectivity index is 2.14. The minimum atomic E-state index is -0.0333. The van der Waals surface area contributed by atoms with Gasteiger partial charge in [0.1, 0.15) is 0 Å². The van der Waals surface area contributed by atoms with Gasteiger partial charge < -0.3 is 10.2 Å². The maximum Gasteiger partial charge on any atom is 0.256 e. The van der Waals surface area contributed by atoms with E-state index in [4.69, 9.17) is 0 Å². The molecular weight excluding hydrogens is 224 g/mol. The fourth-order valence-corrected chi connectivity index (χ4v) is 1.74. The van der Waals surface area contributed by atoms with Crippen molar-refractivity contribution in [3.8, 4) is 0 Å². The van der Waals surface area contributed by atoms with E-state index in [9.17, 15) is 4.79 Å². The molecule has 0 fully saturated rings. The molecule has 0 saturated heterocycles. The smallest absolute Gasteiger partial charge is 0.256 e. The van der Waals surface area contributed by atoms with Crippen LogP contribution in [0.15, 0.2) is 54.8 Å². The molecule has 1 aromatic rings. The van der Waals surface area contributed by atoms with Crippen LogP contribution in [0.2, 0.25) is 0 Å². The summed E-state index contributed by atoms with van der Waals surface area (Å²) in [6.07, 6.45) is 9.65. The van der Waals surface area contributed by atoms with Crippen molar-refractivity contribution in [2.24, 2.45) is 0 Å². The zero-order valence-corrected chi connectivity index (χ0v) is 10.6. The highest BCUT2D eigenvalue weighted by Gasteiger charge is 2.21. The van der Waals surface area contributed by atoms with E-state index in [0.29, 0.717) is 0 Å². The highest BCUT2D eigenvalue weighted by Crippen LogP contribution is 2.23. The number of nitrogens with one attached hydrogen (secondary N) is 1. The van der Waals surface area contributed by atoms with Crippen molar-refractivity contribution in [3.05, 3.63) is 65.9 Å². The number of carbonyl (C=O) groups excluding carboxylic acids is 1. The SMILES string of the molecule is CN(C)/C=C/C=C/C=C1\NC(=O)c2ccccc21. The second-order valence-corrected chi connectivity index (χ2v) is 4.27. The lowest BCUT2D eigenvalue weighted by Gasteiger charge is -2.00. The molecule has 1 aromatic carbocycles.